The minimum Gasteiger partial charge on any atom is -0.393 e. The zero-order valence-corrected chi connectivity index (χ0v) is 14.3. The van der Waals surface area contributed by atoms with Crippen molar-refractivity contribution in [3.8, 4) is 0 Å². The van der Waals surface area contributed by atoms with Crippen molar-refractivity contribution in [2.45, 2.75) is 91.1 Å². The van der Waals surface area contributed by atoms with Gasteiger partial charge in [0.1, 0.15) is 0 Å². The van der Waals surface area contributed by atoms with Gasteiger partial charge in [0, 0.05) is 0 Å². The predicted molar refractivity (Wildman–Crippen MR) is 87.0 cm³/mol. The van der Waals surface area contributed by atoms with Gasteiger partial charge in [-0.3, -0.25) is 0 Å². The standard InChI is InChI=1S/C20H34O/c1-18-9-4-5-16(18)17-7-6-14-13-15(21)8-10-19(14,2)20(17,3)12-11-18/h14-17,21H,4-13H2,1-3H3. The molecule has 0 aliphatic heterocycles. The van der Waals surface area contributed by atoms with Crippen molar-refractivity contribution in [3.05, 3.63) is 0 Å². The molecule has 1 heteroatoms. The highest BCUT2D eigenvalue weighted by atomic mass is 16.3. The van der Waals surface area contributed by atoms with Crippen molar-refractivity contribution in [3.63, 3.8) is 0 Å². The number of hydrogen-bond donors (Lipinski definition) is 1. The van der Waals surface area contributed by atoms with Crippen LogP contribution in [0, 0.1) is 34.0 Å². The van der Waals surface area contributed by atoms with Crippen LogP contribution in [-0.4, -0.2) is 11.2 Å². The molecule has 0 spiro atoms. The molecule has 0 amide bonds. The van der Waals surface area contributed by atoms with Crippen molar-refractivity contribution in [2.75, 3.05) is 0 Å². The second-order valence-electron chi connectivity index (χ2n) is 9.80. The Morgan fingerprint density at radius 3 is 2.38 bits per heavy atom. The molecule has 0 saturated heterocycles. The lowest BCUT2D eigenvalue weighted by molar-refractivity contribution is -0.180. The number of hydrogen-bond acceptors (Lipinski definition) is 1. The molecule has 7 unspecified atom stereocenters. The minimum absolute atomic E-state index is 0.0106. The molecule has 4 rings (SSSR count). The summed E-state index contributed by atoms with van der Waals surface area (Å²) in [5, 5.41) is 10.1. The number of rotatable bonds is 0. The largest absolute Gasteiger partial charge is 0.393 e. The van der Waals surface area contributed by atoms with Crippen LogP contribution in [0.1, 0.15) is 85.0 Å². The highest BCUT2D eigenvalue weighted by molar-refractivity contribution is 5.12. The molecular weight excluding hydrogens is 256 g/mol. The molecule has 0 radical (unpaired) electrons. The second-order valence-corrected chi connectivity index (χ2v) is 9.80. The number of aliphatic hydroxyl groups excluding tert-OH is 1. The maximum absolute atomic E-state index is 10.1. The van der Waals surface area contributed by atoms with E-state index in [0.29, 0.717) is 16.2 Å². The molecule has 21 heavy (non-hydrogen) atoms. The molecule has 0 aromatic rings. The van der Waals surface area contributed by atoms with Crippen LogP contribution >= 0.6 is 0 Å². The second kappa shape index (κ2) is 4.49. The lowest BCUT2D eigenvalue weighted by Gasteiger charge is -2.66. The molecule has 4 fully saturated rings. The van der Waals surface area contributed by atoms with Crippen molar-refractivity contribution in [1.29, 1.82) is 0 Å². The van der Waals surface area contributed by atoms with Gasteiger partial charge in [0.15, 0.2) is 0 Å². The van der Waals surface area contributed by atoms with Crippen LogP contribution < -0.4 is 0 Å². The van der Waals surface area contributed by atoms with Crippen LogP contribution in [0.25, 0.3) is 0 Å². The summed E-state index contributed by atoms with van der Waals surface area (Å²) >= 11 is 0. The van der Waals surface area contributed by atoms with Gasteiger partial charge in [-0.15, -0.1) is 0 Å². The molecule has 0 aromatic carbocycles. The van der Waals surface area contributed by atoms with Crippen LogP contribution in [0.5, 0.6) is 0 Å². The Balaban J connectivity index is 1.70. The highest BCUT2D eigenvalue weighted by Gasteiger charge is 2.63. The van der Waals surface area contributed by atoms with Crippen LogP contribution in [0.2, 0.25) is 0 Å². The van der Waals surface area contributed by atoms with Crippen LogP contribution in [0.15, 0.2) is 0 Å². The van der Waals surface area contributed by atoms with E-state index in [9.17, 15) is 5.11 Å². The third-order valence-electron chi connectivity index (χ3n) is 9.26. The molecule has 0 bridgehead atoms. The minimum atomic E-state index is -0.0106. The summed E-state index contributed by atoms with van der Waals surface area (Å²) in [7, 11) is 0. The van der Waals surface area contributed by atoms with Crippen molar-refractivity contribution in [2.24, 2.45) is 34.0 Å². The molecule has 4 aliphatic rings. The summed E-state index contributed by atoms with van der Waals surface area (Å²) in [6.45, 7) is 7.86. The topological polar surface area (TPSA) is 20.2 Å². The third kappa shape index (κ3) is 1.79. The summed E-state index contributed by atoms with van der Waals surface area (Å²) in [6.07, 6.45) is 13.6. The van der Waals surface area contributed by atoms with E-state index < -0.39 is 0 Å². The van der Waals surface area contributed by atoms with Gasteiger partial charge in [-0.25, -0.2) is 0 Å². The van der Waals surface area contributed by atoms with Gasteiger partial charge >= 0.3 is 0 Å². The lowest BCUT2D eigenvalue weighted by atomic mass is 9.39. The predicted octanol–water partition coefficient (Wildman–Crippen LogP) is 5.17. The molecular formula is C20H34O. The molecule has 1 N–H and O–H groups in total. The Morgan fingerprint density at radius 2 is 1.57 bits per heavy atom. The Hall–Kier alpha value is -0.0400. The zero-order chi connectivity index (χ0) is 14.9. The van der Waals surface area contributed by atoms with E-state index in [2.05, 4.69) is 20.8 Å². The van der Waals surface area contributed by atoms with Gasteiger partial charge in [0.2, 0.25) is 0 Å². The fraction of sp³-hybridized carbons (Fsp3) is 1.00. The fourth-order valence-corrected chi connectivity index (χ4v) is 7.61. The van der Waals surface area contributed by atoms with Crippen LogP contribution in [0.4, 0.5) is 0 Å². The molecule has 4 saturated carbocycles. The SMILES string of the molecule is CC12CCCC1C1CCC3CC(O)CCC3(C)C1(C)CC2. The van der Waals surface area contributed by atoms with E-state index >= 15 is 0 Å². The number of fused-ring (bicyclic) bond motifs is 5. The first-order valence-corrected chi connectivity index (χ1v) is 9.57. The quantitative estimate of drug-likeness (QED) is 0.652. The average molecular weight is 290 g/mol. The van der Waals surface area contributed by atoms with E-state index in [1.807, 2.05) is 0 Å². The van der Waals surface area contributed by atoms with Crippen molar-refractivity contribution < 1.29 is 5.11 Å². The smallest absolute Gasteiger partial charge is 0.0543 e. The molecule has 7 atom stereocenters. The van der Waals surface area contributed by atoms with E-state index in [1.54, 1.807) is 0 Å². The van der Waals surface area contributed by atoms with E-state index in [0.717, 1.165) is 30.6 Å². The molecule has 120 valence electrons. The Morgan fingerprint density at radius 1 is 0.762 bits per heavy atom. The molecule has 1 nitrogen and oxygen atoms in total. The Bertz CT molecular complexity index is 432. The first-order chi connectivity index (χ1) is 9.89. The first kappa shape index (κ1) is 14.5. The Labute approximate surface area is 130 Å². The third-order valence-corrected chi connectivity index (χ3v) is 9.26. The maximum atomic E-state index is 10.1. The van der Waals surface area contributed by atoms with Crippen molar-refractivity contribution >= 4 is 0 Å². The highest BCUT2D eigenvalue weighted by Crippen LogP contribution is 2.71. The van der Waals surface area contributed by atoms with Crippen molar-refractivity contribution in [1.82, 2.24) is 0 Å². The maximum Gasteiger partial charge on any atom is 0.0543 e. The first-order valence-electron chi connectivity index (χ1n) is 9.57. The van der Waals surface area contributed by atoms with Gasteiger partial charge in [0.25, 0.3) is 0 Å². The summed E-state index contributed by atoms with van der Waals surface area (Å²) < 4.78 is 0. The fourth-order valence-electron chi connectivity index (χ4n) is 7.61. The molecule has 4 aliphatic carbocycles. The summed E-state index contributed by atoms with van der Waals surface area (Å²) in [6, 6.07) is 0. The summed E-state index contributed by atoms with van der Waals surface area (Å²) in [4.78, 5) is 0. The van der Waals surface area contributed by atoms with E-state index in [4.69, 9.17) is 0 Å². The normalized spacial score (nSPS) is 60.0. The number of aliphatic hydroxyl groups is 1. The lowest BCUT2D eigenvalue weighted by Crippen LogP contribution is -2.59. The zero-order valence-electron chi connectivity index (χ0n) is 14.3. The summed E-state index contributed by atoms with van der Waals surface area (Å²) in [5.74, 6) is 2.75. The average Bonchev–Trinajstić information content (AvgIpc) is 2.83. The molecule has 0 aromatic heterocycles. The van der Waals surface area contributed by atoms with Crippen LogP contribution in [-0.2, 0) is 0 Å². The monoisotopic (exact) mass is 290 g/mol. The molecule has 0 heterocycles. The van der Waals surface area contributed by atoms with Gasteiger partial charge in [-0.2, -0.15) is 0 Å². The van der Waals surface area contributed by atoms with Gasteiger partial charge in [0.05, 0.1) is 6.10 Å². The van der Waals surface area contributed by atoms with Gasteiger partial charge in [-0.1, -0.05) is 27.2 Å². The van der Waals surface area contributed by atoms with Gasteiger partial charge in [-0.05, 0) is 91.8 Å². The van der Waals surface area contributed by atoms with Gasteiger partial charge < -0.3 is 5.11 Å². The van der Waals surface area contributed by atoms with E-state index in [1.165, 1.54) is 51.4 Å². The van der Waals surface area contributed by atoms with Crippen LogP contribution in [0.3, 0.4) is 0 Å². The Kier molecular flexibility index (Phi) is 3.11. The summed E-state index contributed by atoms with van der Waals surface area (Å²) in [5.41, 5.74) is 1.71. The van der Waals surface area contributed by atoms with E-state index in [-0.39, 0.29) is 6.10 Å².